The molecule has 1 aromatic rings. The Morgan fingerprint density at radius 2 is 2.12 bits per heavy atom. The van der Waals surface area contributed by atoms with Crippen LogP contribution in [0.1, 0.15) is 51.1 Å². The maximum absolute atomic E-state index is 5.83. The summed E-state index contributed by atoms with van der Waals surface area (Å²) in [6, 6.07) is 9.53. The van der Waals surface area contributed by atoms with Crippen LogP contribution in [0.5, 0.6) is 5.75 Å². The molecule has 2 nitrogen and oxygen atoms in total. The minimum atomic E-state index is 0.465. The van der Waals surface area contributed by atoms with E-state index >= 15 is 0 Å². The molecule has 0 spiro atoms. The van der Waals surface area contributed by atoms with Crippen LogP contribution in [-0.4, -0.2) is 12.6 Å². The Morgan fingerprint density at radius 1 is 1.29 bits per heavy atom. The van der Waals surface area contributed by atoms with Gasteiger partial charge in [0.25, 0.3) is 0 Å². The van der Waals surface area contributed by atoms with Crippen molar-refractivity contribution < 1.29 is 4.74 Å². The highest BCUT2D eigenvalue weighted by molar-refractivity contribution is 5.36. The van der Waals surface area contributed by atoms with E-state index < -0.39 is 0 Å². The molecule has 0 saturated carbocycles. The van der Waals surface area contributed by atoms with Gasteiger partial charge in [0.1, 0.15) is 5.75 Å². The van der Waals surface area contributed by atoms with E-state index in [2.05, 4.69) is 43.4 Å². The van der Waals surface area contributed by atoms with Crippen LogP contribution in [0.3, 0.4) is 0 Å². The largest absolute Gasteiger partial charge is 0.493 e. The molecule has 2 rings (SSSR count). The SMILES string of the molecule is CCCOc1ccccc1C1CCCC(C)N1. The molecule has 1 saturated heterocycles. The van der Waals surface area contributed by atoms with E-state index in [0.717, 1.165) is 18.8 Å². The van der Waals surface area contributed by atoms with Gasteiger partial charge in [-0.1, -0.05) is 31.5 Å². The van der Waals surface area contributed by atoms with E-state index in [1.807, 2.05) is 0 Å². The molecule has 2 heteroatoms. The van der Waals surface area contributed by atoms with E-state index in [4.69, 9.17) is 4.74 Å². The molecule has 0 radical (unpaired) electrons. The minimum Gasteiger partial charge on any atom is -0.493 e. The lowest BCUT2D eigenvalue weighted by atomic mass is 9.93. The number of benzene rings is 1. The van der Waals surface area contributed by atoms with Gasteiger partial charge in [0.2, 0.25) is 0 Å². The molecule has 17 heavy (non-hydrogen) atoms. The standard InChI is InChI=1S/C15H23NO/c1-3-11-17-15-10-5-4-8-13(15)14-9-6-7-12(2)16-14/h4-5,8,10,12,14,16H,3,6-7,9,11H2,1-2H3. The monoisotopic (exact) mass is 233 g/mol. The van der Waals surface area contributed by atoms with E-state index in [0.29, 0.717) is 12.1 Å². The fraction of sp³-hybridized carbons (Fsp3) is 0.600. The molecule has 2 atom stereocenters. The van der Waals surface area contributed by atoms with Gasteiger partial charge in [0.15, 0.2) is 0 Å². The first kappa shape index (κ1) is 12.4. The summed E-state index contributed by atoms with van der Waals surface area (Å²) in [5.41, 5.74) is 1.33. The number of rotatable bonds is 4. The predicted molar refractivity (Wildman–Crippen MR) is 71.4 cm³/mol. The molecule has 1 aromatic carbocycles. The molecule has 1 aliphatic heterocycles. The van der Waals surface area contributed by atoms with E-state index in [1.54, 1.807) is 0 Å². The van der Waals surface area contributed by atoms with Crippen molar-refractivity contribution in [3.8, 4) is 5.75 Å². The molecule has 1 heterocycles. The molecule has 0 bridgehead atoms. The summed E-state index contributed by atoms with van der Waals surface area (Å²) in [5, 5.41) is 3.67. The summed E-state index contributed by atoms with van der Waals surface area (Å²) >= 11 is 0. The predicted octanol–water partition coefficient (Wildman–Crippen LogP) is 3.68. The summed E-state index contributed by atoms with van der Waals surface area (Å²) in [4.78, 5) is 0. The van der Waals surface area contributed by atoms with Crippen LogP contribution in [0.15, 0.2) is 24.3 Å². The zero-order chi connectivity index (χ0) is 12.1. The third-order valence-electron chi connectivity index (χ3n) is 3.37. The Hall–Kier alpha value is -1.02. The van der Waals surface area contributed by atoms with Crippen LogP contribution >= 0.6 is 0 Å². The molecular weight excluding hydrogens is 210 g/mol. The molecule has 2 unspecified atom stereocenters. The normalized spacial score (nSPS) is 24.6. The minimum absolute atomic E-state index is 0.465. The summed E-state index contributed by atoms with van der Waals surface area (Å²) in [5.74, 6) is 1.06. The first-order valence-electron chi connectivity index (χ1n) is 6.79. The van der Waals surface area contributed by atoms with E-state index in [1.165, 1.54) is 24.8 Å². The highest BCUT2D eigenvalue weighted by Gasteiger charge is 2.21. The van der Waals surface area contributed by atoms with Crippen LogP contribution in [-0.2, 0) is 0 Å². The van der Waals surface area contributed by atoms with Crippen molar-refractivity contribution in [3.05, 3.63) is 29.8 Å². The van der Waals surface area contributed by atoms with Crippen molar-refractivity contribution in [2.24, 2.45) is 0 Å². The Balaban J connectivity index is 2.12. The second-order valence-corrected chi connectivity index (χ2v) is 4.94. The van der Waals surface area contributed by atoms with Crippen molar-refractivity contribution in [1.82, 2.24) is 5.32 Å². The van der Waals surface area contributed by atoms with Crippen LogP contribution < -0.4 is 10.1 Å². The number of hydrogen-bond donors (Lipinski definition) is 1. The highest BCUT2D eigenvalue weighted by Crippen LogP contribution is 2.31. The summed E-state index contributed by atoms with van der Waals surface area (Å²) < 4.78 is 5.83. The average Bonchev–Trinajstić information content (AvgIpc) is 2.37. The molecule has 0 aliphatic carbocycles. The second kappa shape index (κ2) is 6.06. The molecule has 0 aromatic heterocycles. The topological polar surface area (TPSA) is 21.3 Å². The van der Waals surface area contributed by atoms with E-state index in [-0.39, 0.29) is 0 Å². The zero-order valence-electron chi connectivity index (χ0n) is 10.9. The Morgan fingerprint density at radius 3 is 2.88 bits per heavy atom. The van der Waals surface area contributed by atoms with Crippen molar-refractivity contribution in [1.29, 1.82) is 0 Å². The molecule has 0 amide bonds. The number of nitrogens with one attached hydrogen (secondary N) is 1. The average molecular weight is 233 g/mol. The lowest BCUT2D eigenvalue weighted by Crippen LogP contribution is -2.34. The molecule has 94 valence electrons. The number of para-hydroxylation sites is 1. The van der Waals surface area contributed by atoms with Gasteiger partial charge in [-0.2, -0.15) is 0 Å². The molecular formula is C15H23NO. The third-order valence-corrected chi connectivity index (χ3v) is 3.37. The maximum atomic E-state index is 5.83. The lowest BCUT2D eigenvalue weighted by molar-refractivity contribution is 0.295. The summed E-state index contributed by atoms with van der Waals surface area (Å²) in [6.07, 6.45) is 4.87. The summed E-state index contributed by atoms with van der Waals surface area (Å²) in [6.45, 7) is 5.21. The van der Waals surface area contributed by atoms with Gasteiger partial charge in [-0.15, -0.1) is 0 Å². The van der Waals surface area contributed by atoms with Gasteiger partial charge in [-0.3, -0.25) is 0 Å². The Bertz CT molecular complexity index is 351. The molecule has 1 N–H and O–H groups in total. The van der Waals surface area contributed by atoms with Gasteiger partial charge in [-0.25, -0.2) is 0 Å². The quantitative estimate of drug-likeness (QED) is 0.856. The smallest absolute Gasteiger partial charge is 0.124 e. The van der Waals surface area contributed by atoms with Crippen LogP contribution in [0.4, 0.5) is 0 Å². The van der Waals surface area contributed by atoms with Crippen molar-refractivity contribution in [2.75, 3.05) is 6.61 Å². The second-order valence-electron chi connectivity index (χ2n) is 4.94. The van der Waals surface area contributed by atoms with Crippen LogP contribution in [0.2, 0.25) is 0 Å². The van der Waals surface area contributed by atoms with Gasteiger partial charge in [0.05, 0.1) is 6.61 Å². The Kier molecular flexibility index (Phi) is 4.43. The van der Waals surface area contributed by atoms with Crippen molar-refractivity contribution >= 4 is 0 Å². The molecule has 1 aliphatic rings. The number of piperidine rings is 1. The number of hydrogen-bond acceptors (Lipinski definition) is 2. The van der Waals surface area contributed by atoms with E-state index in [9.17, 15) is 0 Å². The third kappa shape index (κ3) is 3.22. The van der Waals surface area contributed by atoms with Gasteiger partial charge >= 0.3 is 0 Å². The fourth-order valence-electron chi connectivity index (χ4n) is 2.50. The maximum Gasteiger partial charge on any atom is 0.124 e. The Labute approximate surface area is 104 Å². The van der Waals surface area contributed by atoms with Crippen molar-refractivity contribution in [3.63, 3.8) is 0 Å². The zero-order valence-corrected chi connectivity index (χ0v) is 10.9. The lowest BCUT2D eigenvalue weighted by Gasteiger charge is -2.30. The first-order valence-corrected chi connectivity index (χ1v) is 6.79. The number of ether oxygens (including phenoxy) is 1. The van der Waals surface area contributed by atoms with Crippen LogP contribution in [0.25, 0.3) is 0 Å². The van der Waals surface area contributed by atoms with Gasteiger partial charge in [-0.05, 0) is 32.3 Å². The van der Waals surface area contributed by atoms with Gasteiger partial charge in [0, 0.05) is 17.6 Å². The fourth-order valence-corrected chi connectivity index (χ4v) is 2.50. The first-order chi connectivity index (χ1) is 8.31. The van der Waals surface area contributed by atoms with Gasteiger partial charge < -0.3 is 10.1 Å². The van der Waals surface area contributed by atoms with Crippen LogP contribution in [0, 0.1) is 0 Å². The summed E-state index contributed by atoms with van der Waals surface area (Å²) in [7, 11) is 0. The highest BCUT2D eigenvalue weighted by atomic mass is 16.5. The molecule has 1 fully saturated rings. The van der Waals surface area contributed by atoms with Crippen molar-refractivity contribution in [2.45, 2.75) is 51.6 Å².